The lowest BCUT2D eigenvalue weighted by Gasteiger charge is -2.32. The van der Waals surface area contributed by atoms with E-state index in [1.165, 1.54) is 5.56 Å². The van der Waals surface area contributed by atoms with Crippen LogP contribution >= 0.6 is 23.2 Å². The number of rotatable bonds is 10. The van der Waals surface area contributed by atoms with E-state index < -0.39 is 6.04 Å². The molecule has 0 heterocycles. The quantitative estimate of drug-likeness (QED) is 0.373. The molecule has 0 spiro atoms. The van der Waals surface area contributed by atoms with Crippen LogP contribution in [0.5, 0.6) is 0 Å². The van der Waals surface area contributed by atoms with Crippen LogP contribution in [0.1, 0.15) is 35.6 Å². The molecule has 178 valence electrons. The molecule has 0 bridgehead atoms. The van der Waals surface area contributed by atoms with E-state index in [-0.39, 0.29) is 24.8 Å². The van der Waals surface area contributed by atoms with E-state index in [9.17, 15) is 9.59 Å². The number of carbonyl (C=O) groups is 2. The molecule has 1 unspecified atom stereocenters. The Labute approximate surface area is 211 Å². The molecule has 3 aromatic carbocycles. The summed E-state index contributed by atoms with van der Waals surface area (Å²) in [7, 11) is 0. The van der Waals surface area contributed by atoms with Crippen LogP contribution in [0, 0.1) is 6.92 Å². The smallest absolute Gasteiger partial charge is 0.243 e. The monoisotopic (exact) mass is 496 g/mol. The largest absolute Gasteiger partial charge is 0.355 e. The number of carbonyl (C=O) groups excluding carboxylic acids is 2. The van der Waals surface area contributed by atoms with E-state index in [0.29, 0.717) is 35.0 Å². The highest BCUT2D eigenvalue weighted by Crippen LogP contribution is 2.27. The zero-order chi connectivity index (χ0) is 24.5. The second-order valence-corrected chi connectivity index (χ2v) is 9.12. The van der Waals surface area contributed by atoms with Crippen LogP contribution < -0.4 is 5.32 Å². The van der Waals surface area contributed by atoms with Gasteiger partial charge in [-0.15, -0.1) is 0 Å². The van der Waals surface area contributed by atoms with Crippen molar-refractivity contribution in [1.82, 2.24) is 10.2 Å². The molecule has 0 fully saturated rings. The second-order valence-electron chi connectivity index (χ2n) is 8.31. The third-order valence-corrected chi connectivity index (χ3v) is 6.47. The summed E-state index contributed by atoms with van der Waals surface area (Å²) in [5.74, 6) is -0.318. The van der Waals surface area contributed by atoms with Gasteiger partial charge < -0.3 is 10.2 Å². The van der Waals surface area contributed by atoms with Gasteiger partial charge >= 0.3 is 0 Å². The van der Waals surface area contributed by atoms with E-state index >= 15 is 0 Å². The van der Waals surface area contributed by atoms with Crippen molar-refractivity contribution in [3.8, 4) is 0 Å². The number of amides is 2. The van der Waals surface area contributed by atoms with Gasteiger partial charge in [-0.2, -0.15) is 0 Å². The van der Waals surface area contributed by atoms with Gasteiger partial charge in [0.1, 0.15) is 6.04 Å². The summed E-state index contributed by atoms with van der Waals surface area (Å²) >= 11 is 12.9. The number of benzene rings is 3. The van der Waals surface area contributed by atoms with Gasteiger partial charge in [-0.3, -0.25) is 9.59 Å². The van der Waals surface area contributed by atoms with Gasteiger partial charge in [-0.25, -0.2) is 0 Å². The number of likely N-dealkylation sites (N-methyl/N-ethyl adjacent to an activating group) is 1. The van der Waals surface area contributed by atoms with Crippen molar-refractivity contribution in [3.63, 3.8) is 0 Å². The minimum atomic E-state index is -0.694. The van der Waals surface area contributed by atoms with Crippen molar-refractivity contribution in [1.29, 1.82) is 0 Å². The molecule has 0 saturated carbocycles. The summed E-state index contributed by atoms with van der Waals surface area (Å²) in [6.45, 7) is 4.53. The fourth-order valence-electron chi connectivity index (χ4n) is 3.85. The number of hydrogen-bond acceptors (Lipinski definition) is 2. The molecule has 0 aromatic heterocycles. The Balaban J connectivity index is 1.93. The van der Waals surface area contributed by atoms with E-state index in [2.05, 4.69) is 5.32 Å². The molecule has 1 N–H and O–H groups in total. The Bertz CT molecular complexity index is 1080. The molecule has 0 aliphatic carbocycles. The van der Waals surface area contributed by atoms with Gasteiger partial charge in [0.05, 0.1) is 0 Å². The van der Waals surface area contributed by atoms with Gasteiger partial charge in [0.2, 0.25) is 11.8 Å². The number of hydrogen-bond donors (Lipinski definition) is 1. The molecule has 6 heteroatoms. The van der Waals surface area contributed by atoms with Crippen LogP contribution in [-0.4, -0.2) is 29.3 Å². The number of nitrogens with one attached hydrogen (secondary N) is 1. The summed E-state index contributed by atoms with van der Waals surface area (Å²) in [4.78, 5) is 28.4. The summed E-state index contributed by atoms with van der Waals surface area (Å²) in [6.07, 6.45) is 1.25. The first-order valence-corrected chi connectivity index (χ1v) is 12.2. The number of halogens is 2. The maximum atomic E-state index is 13.6. The van der Waals surface area contributed by atoms with E-state index in [0.717, 1.165) is 11.1 Å². The van der Waals surface area contributed by atoms with Crippen molar-refractivity contribution < 1.29 is 9.59 Å². The average Bonchev–Trinajstić information content (AvgIpc) is 2.83. The predicted molar refractivity (Wildman–Crippen MR) is 139 cm³/mol. The zero-order valence-corrected chi connectivity index (χ0v) is 21.1. The predicted octanol–water partition coefficient (Wildman–Crippen LogP) is 6.01. The highest BCUT2D eigenvalue weighted by atomic mass is 35.5. The normalized spacial score (nSPS) is 11.6. The Morgan fingerprint density at radius 3 is 2.15 bits per heavy atom. The average molecular weight is 497 g/mol. The lowest BCUT2D eigenvalue weighted by atomic mass is 10.0. The van der Waals surface area contributed by atoms with Crippen LogP contribution in [0.2, 0.25) is 10.0 Å². The van der Waals surface area contributed by atoms with Crippen molar-refractivity contribution >= 4 is 35.0 Å². The molecule has 4 nitrogen and oxygen atoms in total. The standard InChI is InChI=1S/C28H30Cl2N2O2/c1-3-31-28(34)26(18-22-8-5-4-6-9-22)32(19-23-24(29)10-7-11-25(23)30)27(33)17-16-21-14-12-20(2)13-15-21/h4-15,26H,3,16-19H2,1-2H3,(H,31,34). The van der Waals surface area contributed by atoms with Crippen LogP contribution in [0.25, 0.3) is 0 Å². The lowest BCUT2D eigenvalue weighted by molar-refractivity contribution is -0.141. The maximum absolute atomic E-state index is 13.6. The Kier molecular flexibility index (Phi) is 9.55. The molecule has 2 amide bonds. The summed E-state index contributed by atoms with van der Waals surface area (Å²) in [6, 6.07) is 22.4. The summed E-state index contributed by atoms with van der Waals surface area (Å²) < 4.78 is 0. The first kappa shape index (κ1) is 25.8. The Morgan fingerprint density at radius 2 is 1.53 bits per heavy atom. The Hall–Kier alpha value is -2.82. The van der Waals surface area contributed by atoms with Crippen molar-refractivity contribution in [3.05, 3.63) is 105 Å². The maximum Gasteiger partial charge on any atom is 0.243 e. The van der Waals surface area contributed by atoms with Gasteiger partial charge in [0, 0.05) is 41.5 Å². The summed E-state index contributed by atoms with van der Waals surface area (Å²) in [5, 5.41) is 3.84. The van der Waals surface area contributed by atoms with Gasteiger partial charge in [0.25, 0.3) is 0 Å². The van der Waals surface area contributed by atoms with Gasteiger partial charge in [-0.05, 0) is 43.5 Å². The minimum Gasteiger partial charge on any atom is -0.355 e. The van der Waals surface area contributed by atoms with Crippen molar-refractivity contribution in [2.45, 2.75) is 45.7 Å². The third kappa shape index (κ3) is 7.09. The molecule has 3 aromatic rings. The second kappa shape index (κ2) is 12.6. The SMILES string of the molecule is CCNC(=O)C(Cc1ccccc1)N(Cc1c(Cl)cccc1Cl)C(=O)CCc1ccc(C)cc1. The molecule has 3 rings (SSSR count). The van der Waals surface area contributed by atoms with Crippen LogP contribution in [0.3, 0.4) is 0 Å². The minimum absolute atomic E-state index is 0.122. The van der Waals surface area contributed by atoms with Crippen LogP contribution in [0.4, 0.5) is 0 Å². The molecule has 34 heavy (non-hydrogen) atoms. The number of aryl methyl sites for hydroxylation is 2. The summed E-state index contributed by atoms with van der Waals surface area (Å²) in [5.41, 5.74) is 3.86. The molecular weight excluding hydrogens is 467 g/mol. The fourth-order valence-corrected chi connectivity index (χ4v) is 4.37. The Morgan fingerprint density at radius 1 is 0.882 bits per heavy atom. The molecule has 0 saturated heterocycles. The number of nitrogens with zero attached hydrogens (tertiary/aromatic N) is 1. The van der Waals surface area contributed by atoms with E-state index in [1.54, 1.807) is 23.1 Å². The van der Waals surface area contributed by atoms with Gasteiger partial charge in [-0.1, -0.05) is 89.4 Å². The molecular formula is C28H30Cl2N2O2. The van der Waals surface area contributed by atoms with Crippen molar-refractivity contribution in [2.75, 3.05) is 6.54 Å². The lowest BCUT2D eigenvalue weighted by Crippen LogP contribution is -2.50. The van der Waals surface area contributed by atoms with Crippen LogP contribution in [0.15, 0.2) is 72.8 Å². The third-order valence-electron chi connectivity index (χ3n) is 5.76. The topological polar surface area (TPSA) is 49.4 Å². The highest BCUT2D eigenvalue weighted by Gasteiger charge is 2.30. The molecule has 0 radical (unpaired) electrons. The highest BCUT2D eigenvalue weighted by molar-refractivity contribution is 6.36. The van der Waals surface area contributed by atoms with E-state index in [4.69, 9.17) is 23.2 Å². The fraction of sp³-hybridized carbons (Fsp3) is 0.286. The first-order chi connectivity index (χ1) is 16.4. The van der Waals surface area contributed by atoms with Crippen molar-refractivity contribution in [2.24, 2.45) is 0 Å². The van der Waals surface area contributed by atoms with E-state index in [1.807, 2.05) is 68.4 Å². The first-order valence-electron chi connectivity index (χ1n) is 11.5. The zero-order valence-electron chi connectivity index (χ0n) is 19.6. The molecule has 0 aliphatic heterocycles. The van der Waals surface area contributed by atoms with Gasteiger partial charge in [0.15, 0.2) is 0 Å². The molecule has 1 atom stereocenters. The van der Waals surface area contributed by atoms with Crippen LogP contribution in [-0.2, 0) is 29.0 Å². The molecule has 0 aliphatic rings.